The van der Waals surface area contributed by atoms with Crippen LogP contribution in [0.25, 0.3) is 0 Å². The van der Waals surface area contributed by atoms with Crippen molar-refractivity contribution >= 4 is 17.5 Å². The minimum absolute atomic E-state index is 0.0785. The second kappa shape index (κ2) is 4.61. The monoisotopic (exact) mass is 216 g/mol. The van der Waals surface area contributed by atoms with E-state index in [0.29, 0.717) is 12.5 Å². The molecule has 0 atom stereocenters. The molecule has 0 fully saturated rings. The van der Waals surface area contributed by atoms with Gasteiger partial charge in [0.1, 0.15) is 13.0 Å². The van der Waals surface area contributed by atoms with Crippen molar-refractivity contribution in [1.82, 2.24) is 0 Å². The maximum atomic E-state index is 11.7. The van der Waals surface area contributed by atoms with Gasteiger partial charge in [0.25, 0.3) is 5.91 Å². The molecular formula is C12H12N2O2. The Bertz CT molecular complexity index is 426. The molecule has 0 radical (unpaired) electrons. The fourth-order valence-corrected chi connectivity index (χ4v) is 1.41. The molecule has 1 aromatic rings. The number of anilines is 1. The van der Waals surface area contributed by atoms with Gasteiger partial charge in [-0.25, -0.2) is 0 Å². The van der Waals surface area contributed by atoms with Gasteiger partial charge in [-0.15, -0.1) is 5.10 Å². The summed E-state index contributed by atoms with van der Waals surface area (Å²) in [5.41, 5.74) is 0.754. The highest BCUT2D eigenvalue weighted by Gasteiger charge is 2.25. The topological polar surface area (TPSA) is 41.9 Å². The van der Waals surface area contributed by atoms with Crippen molar-refractivity contribution in [2.75, 3.05) is 11.6 Å². The molecule has 0 saturated heterocycles. The normalized spacial score (nSPS) is 14.9. The van der Waals surface area contributed by atoms with Gasteiger partial charge in [-0.3, -0.25) is 4.79 Å². The Balaban J connectivity index is 2.14. The lowest BCUT2D eigenvalue weighted by atomic mass is 10.3. The Labute approximate surface area is 93.8 Å². The molecule has 0 spiro atoms. The van der Waals surface area contributed by atoms with E-state index >= 15 is 0 Å². The molecule has 0 saturated carbocycles. The van der Waals surface area contributed by atoms with Crippen molar-refractivity contribution in [3.63, 3.8) is 0 Å². The summed E-state index contributed by atoms with van der Waals surface area (Å²) in [4.78, 5) is 11.7. The van der Waals surface area contributed by atoms with E-state index in [1.165, 1.54) is 5.01 Å². The number of para-hydroxylation sites is 1. The van der Waals surface area contributed by atoms with Gasteiger partial charge in [-0.05, 0) is 12.1 Å². The number of hydrazone groups is 1. The largest absolute Gasteiger partial charge is 0.475 e. The number of benzene rings is 1. The fourth-order valence-electron chi connectivity index (χ4n) is 1.41. The highest BCUT2D eigenvalue weighted by Crippen LogP contribution is 2.19. The highest BCUT2D eigenvalue weighted by molar-refractivity contribution is 6.10. The molecule has 1 aromatic carbocycles. The van der Waals surface area contributed by atoms with Crippen molar-refractivity contribution in [3.05, 3.63) is 43.0 Å². The summed E-state index contributed by atoms with van der Waals surface area (Å²) in [5.74, 6) is 0.360. The van der Waals surface area contributed by atoms with Crippen LogP contribution in [0.1, 0.15) is 6.42 Å². The Kier molecular flexibility index (Phi) is 3.00. The maximum absolute atomic E-state index is 11.7. The number of carbonyl (C=O) groups is 1. The molecule has 82 valence electrons. The first-order valence-electron chi connectivity index (χ1n) is 5.00. The number of nitrogens with zero attached hydrogens (tertiary/aromatic N) is 2. The number of hydrogen-bond acceptors (Lipinski definition) is 3. The SMILES string of the molecule is C=CCOC1=NN(c2ccccc2)C(=O)C1. The van der Waals surface area contributed by atoms with Crippen LogP contribution in [0.4, 0.5) is 5.69 Å². The first kappa shape index (κ1) is 10.4. The Hall–Kier alpha value is -2.10. The lowest BCUT2D eigenvalue weighted by Crippen LogP contribution is -2.19. The van der Waals surface area contributed by atoms with Gasteiger partial charge in [0, 0.05) is 0 Å². The van der Waals surface area contributed by atoms with Gasteiger partial charge in [-0.1, -0.05) is 30.9 Å². The molecule has 1 heterocycles. The van der Waals surface area contributed by atoms with Crippen molar-refractivity contribution in [2.45, 2.75) is 6.42 Å². The van der Waals surface area contributed by atoms with E-state index < -0.39 is 0 Å². The predicted octanol–water partition coefficient (Wildman–Crippen LogP) is 1.94. The van der Waals surface area contributed by atoms with Gasteiger partial charge >= 0.3 is 0 Å². The Morgan fingerprint density at radius 1 is 1.44 bits per heavy atom. The fraction of sp³-hybridized carbons (Fsp3) is 0.167. The number of amides is 1. The Morgan fingerprint density at radius 3 is 2.88 bits per heavy atom. The Morgan fingerprint density at radius 2 is 2.19 bits per heavy atom. The smallest absolute Gasteiger partial charge is 0.256 e. The van der Waals surface area contributed by atoms with E-state index in [9.17, 15) is 4.79 Å². The average Bonchev–Trinajstić information content (AvgIpc) is 2.69. The summed E-state index contributed by atoms with van der Waals surface area (Å²) < 4.78 is 5.24. The molecule has 1 aliphatic heterocycles. The first-order chi connectivity index (χ1) is 7.81. The molecule has 0 aromatic heterocycles. The third-order valence-electron chi connectivity index (χ3n) is 2.12. The minimum atomic E-state index is -0.0785. The number of rotatable bonds is 3. The van der Waals surface area contributed by atoms with Gasteiger partial charge in [0.15, 0.2) is 0 Å². The third kappa shape index (κ3) is 2.11. The molecule has 4 nitrogen and oxygen atoms in total. The van der Waals surface area contributed by atoms with Crippen LogP contribution in [-0.4, -0.2) is 18.4 Å². The van der Waals surface area contributed by atoms with Crippen molar-refractivity contribution in [1.29, 1.82) is 0 Å². The van der Waals surface area contributed by atoms with Crippen LogP contribution in [0.5, 0.6) is 0 Å². The van der Waals surface area contributed by atoms with Crippen LogP contribution in [0.2, 0.25) is 0 Å². The summed E-state index contributed by atoms with van der Waals surface area (Å²) >= 11 is 0. The van der Waals surface area contributed by atoms with Crippen molar-refractivity contribution < 1.29 is 9.53 Å². The quantitative estimate of drug-likeness (QED) is 0.724. The van der Waals surface area contributed by atoms with Gasteiger partial charge in [0.05, 0.1) is 5.69 Å². The predicted molar refractivity (Wildman–Crippen MR) is 62.1 cm³/mol. The van der Waals surface area contributed by atoms with E-state index in [2.05, 4.69) is 11.7 Å². The number of hydrogen-bond donors (Lipinski definition) is 0. The molecule has 0 N–H and O–H groups in total. The van der Waals surface area contributed by atoms with Crippen LogP contribution in [0.3, 0.4) is 0 Å². The van der Waals surface area contributed by atoms with E-state index in [0.717, 1.165) is 5.69 Å². The van der Waals surface area contributed by atoms with Crippen LogP contribution < -0.4 is 5.01 Å². The zero-order chi connectivity index (χ0) is 11.4. The van der Waals surface area contributed by atoms with Gasteiger partial charge in [0.2, 0.25) is 5.90 Å². The molecule has 0 bridgehead atoms. The summed E-state index contributed by atoms with van der Waals surface area (Å²) in [6.07, 6.45) is 1.83. The van der Waals surface area contributed by atoms with Crippen molar-refractivity contribution in [3.8, 4) is 0 Å². The molecule has 16 heavy (non-hydrogen) atoms. The maximum Gasteiger partial charge on any atom is 0.256 e. The molecule has 2 rings (SSSR count). The average molecular weight is 216 g/mol. The van der Waals surface area contributed by atoms with E-state index in [-0.39, 0.29) is 12.3 Å². The zero-order valence-electron chi connectivity index (χ0n) is 8.80. The van der Waals surface area contributed by atoms with Gasteiger partial charge in [-0.2, -0.15) is 5.01 Å². The van der Waals surface area contributed by atoms with Crippen LogP contribution in [-0.2, 0) is 9.53 Å². The number of carbonyl (C=O) groups excluding carboxylic acids is 1. The summed E-state index contributed by atoms with van der Waals surface area (Å²) in [6, 6.07) is 9.28. The van der Waals surface area contributed by atoms with E-state index in [1.54, 1.807) is 6.08 Å². The first-order valence-corrected chi connectivity index (χ1v) is 5.00. The molecule has 1 amide bonds. The van der Waals surface area contributed by atoms with E-state index in [1.807, 2.05) is 30.3 Å². The molecule has 1 aliphatic rings. The molecule has 0 unspecified atom stereocenters. The molecule has 0 aliphatic carbocycles. The van der Waals surface area contributed by atoms with Crippen LogP contribution >= 0.6 is 0 Å². The summed E-state index contributed by atoms with van der Waals surface area (Å²) in [7, 11) is 0. The molecule has 4 heteroatoms. The van der Waals surface area contributed by atoms with Crippen LogP contribution in [0, 0.1) is 0 Å². The lowest BCUT2D eigenvalue weighted by molar-refractivity contribution is -0.117. The molecular weight excluding hydrogens is 204 g/mol. The lowest BCUT2D eigenvalue weighted by Gasteiger charge is -2.09. The second-order valence-electron chi connectivity index (χ2n) is 3.31. The van der Waals surface area contributed by atoms with Crippen molar-refractivity contribution in [2.24, 2.45) is 5.10 Å². The minimum Gasteiger partial charge on any atom is -0.475 e. The van der Waals surface area contributed by atoms with Gasteiger partial charge < -0.3 is 4.74 Å². The number of ether oxygens (including phenoxy) is 1. The van der Waals surface area contributed by atoms with E-state index in [4.69, 9.17) is 4.74 Å². The third-order valence-corrected chi connectivity index (χ3v) is 2.12. The zero-order valence-corrected chi connectivity index (χ0v) is 8.80. The highest BCUT2D eigenvalue weighted by atomic mass is 16.5. The summed E-state index contributed by atoms with van der Waals surface area (Å²) in [5, 5.41) is 5.47. The second-order valence-corrected chi connectivity index (χ2v) is 3.31. The summed E-state index contributed by atoms with van der Waals surface area (Å²) in [6.45, 7) is 3.91. The standard InChI is InChI=1S/C12H12N2O2/c1-2-8-16-11-9-12(15)14(13-11)10-6-4-3-5-7-10/h2-7H,1,8-9H2. The van der Waals surface area contributed by atoms with Crippen LogP contribution in [0.15, 0.2) is 48.1 Å².